The van der Waals surface area contributed by atoms with Crippen LogP contribution >= 0.6 is 0 Å². The first-order valence-electron chi connectivity index (χ1n) is 12.5. The van der Waals surface area contributed by atoms with Crippen molar-refractivity contribution in [3.8, 4) is 0 Å². The van der Waals surface area contributed by atoms with Crippen molar-refractivity contribution in [2.75, 3.05) is 32.7 Å². The predicted octanol–water partition coefficient (Wildman–Crippen LogP) is 3.04. The zero-order valence-corrected chi connectivity index (χ0v) is 18.5. The second-order valence-corrected chi connectivity index (χ2v) is 10.8. The lowest BCUT2D eigenvalue weighted by molar-refractivity contribution is -0.146. The van der Waals surface area contributed by atoms with Crippen molar-refractivity contribution in [1.82, 2.24) is 14.7 Å². The molecule has 5 heteroatoms. The molecule has 0 radical (unpaired) electrons. The van der Waals surface area contributed by atoms with Gasteiger partial charge in [0.15, 0.2) is 0 Å². The fraction of sp³-hybridized carbons (Fsp3) is 0.692. The number of amides is 2. The third kappa shape index (κ3) is 3.40. The zero-order chi connectivity index (χ0) is 21.0. The van der Waals surface area contributed by atoms with E-state index in [1.165, 1.54) is 18.4 Å². The quantitative estimate of drug-likeness (QED) is 0.754. The van der Waals surface area contributed by atoms with Gasteiger partial charge in [-0.1, -0.05) is 30.3 Å². The van der Waals surface area contributed by atoms with Gasteiger partial charge in [0.2, 0.25) is 11.8 Å². The molecular formula is C26H35N3O2. The van der Waals surface area contributed by atoms with Gasteiger partial charge in [-0.05, 0) is 62.3 Å². The summed E-state index contributed by atoms with van der Waals surface area (Å²) >= 11 is 0. The molecule has 1 aromatic carbocycles. The van der Waals surface area contributed by atoms with Crippen LogP contribution in [0.25, 0.3) is 0 Å². The minimum absolute atomic E-state index is 0.229. The Morgan fingerprint density at radius 3 is 2.48 bits per heavy atom. The van der Waals surface area contributed by atoms with Gasteiger partial charge in [-0.2, -0.15) is 0 Å². The molecule has 0 aromatic heterocycles. The van der Waals surface area contributed by atoms with Gasteiger partial charge in [-0.25, -0.2) is 0 Å². The van der Waals surface area contributed by atoms with Gasteiger partial charge >= 0.3 is 0 Å². The lowest BCUT2D eigenvalue weighted by Crippen LogP contribution is -2.62. The largest absolute Gasteiger partial charge is 0.342 e. The average Bonchev–Trinajstić information content (AvgIpc) is 3.62. The van der Waals surface area contributed by atoms with Gasteiger partial charge in [0.25, 0.3) is 0 Å². The molecule has 31 heavy (non-hydrogen) atoms. The van der Waals surface area contributed by atoms with Crippen LogP contribution in [0, 0.1) is 11.8 Å². The summed E-state index contributed by atoms with van der Waals surface area (Å²) in [6.07, 6.45) is 8.55. The number of likely N-dealkylation sites (tertiary alicyclic amines) is 2. The highest BCUT2D eigenvalue weighted by Gasteiger charge is 2.53. The normalized spacial score (nSPS) is 33.2. The number of carbonyl (C=O) groups is 2. The highest BCUT2D eigenvalue weighted by molar-refractivity contribution is 5.91. The summed E-state index contributed by atoms with van der Waals surface area (Å²) in [5, 5.41) is 0. The number of hydrogen-bond acceptors (Lipinski definition) is 3. The van der Waals surface area contributed by atoms with Crippen LogP contribution in [0.5, 0.6) is 0 Å². The average molecular weight is 422 g/mol. The molecular weight excluding hydrogens is 386 g/mol. The molecule has 0 N–H and O–H groups in total. The maximum absolute atomic E-state index is 13.4. The Kier molecular flexibility index (Phi) is 4.86. The fourth-order valence-corrected chi connectivity index (χ4v) is 7.19. The van der Waals surface area contributed by atoms with Crippen LogP contribution in [-0.2, 0) is 15.0 Å². The van der Waals surface area contributed by atoms with E-state index in [9.17, 15) is 9.59 Å². The van der Waals surface area contributed by atoms with E-state index < -0.39 is 0 Å². The lowest BCUT2D eigenvalue weighted by atomic mass is 9.75. The molecule has 0 spiro atoms. The van der Waals surface area contributed by atoms with Crippen molar-refractivity contribution in [2.45, 2.75) is 68.9 Å². The standard InChI is InChI=1S/C26H35N3O2/c30-24-8-4-7-23-20-15-19(17-29(23)24)16-28(18-20)22-9-13-27(14-10-22)25(31)26(11-12-26)21-5-2-1-3-6-21/h1-3,5-6,19-20,22-23H,4,7-18H2/t19-,20-,23-/m1/s1. The van der Waals surface area contributed by atoms with Gasteiger partial charge in [0, 0.05) is 51.2 Å². The Labute approximate surface area is 185 Å². The second-order valence-electron chi connectivity index (χ2n) is 10.8. The lowest BCUT2D eigenvalue weighted by Gasteiger charge is -2.54. The summed E-state index contributed by atoms with van der Waals surface area (Å²) in [6.45, 7) is 5.07. The number of piperidine rings is 4. The van der Waals surface area contributed by atoms with Crippen molar-refractivity contribution in [2.24, 2.45) is 11.8 Å². The van der Waals surface area contributed by atoms with Crippen LogP contribution in [0.4, 0.5) is 0 Å². The molecule has 166 valence electrons. The topological polar surface area (TPSA) is 43.9 Å². The Bertz CT molecular complexity index is 843. The fourth-order valence-electron chi connectivity index (χ4n) is 7.19. The van der Waals surface area contributed by atoms with E-state index in [1.807, 2.05) is 6.07 Å². The highest BCUT2D eigenvalue weighted by Crippen LogP contribution is 2.50. The summed E-state index contributed by atoms with van der Waals surface area (Å²) in [7, 11) is 0. The van der Waals surface area contributed by atoms with Gasteiger partial charge in [-0.3, -0.25) is 14.5 Å². The number of benzene rings is 1. The number of fused-ring (bicyclic) bond motifs is 4. The summed E-state index contributed by atoms with van der Waals surface area (Å²) in [6, 6.07) is 11.5. The van der Waals surface area contributed by atoms with Crippen LogP contribution < -0.4 is 0 Å². The van der Waals surface area contributed by atoms with Crippen molar-refractivity contribution in [3.63, 3.8) is 0 Å². The van der Waals surface area contributed by atoms with Crippen molar-refractivity contribution < 1.29 is 9.59 Å². The summed E-state index contributed by atoms with van der Waals surface area (Å²) in [4.78, 5) is 32.9. The van der Waals surface area contributed by atoms with Crippen LogP contribution in [0.1, 0.15) is 56.9 Å². The Hall–Kier alpha value is -1.88. The molecule has 2 amide bonds. The Balaban J connectivity index is 1.08. The van der Waals surface area contributed by atoms with E-state index in [0.29, 0.717) is 35.7 Å². The molecule has 5 fully saturated rings. The number of rotatable bonds is 3. The third-order valence-electron chi connectivity index (χ3n) is 8.96. The first-order chi connectivity index (χ1) is 15.1. The molecule has 0 unspecified atom stereocenters. The molecule has 5 aliphatic rings. The maximum atomic E-state index is 13.4. The van der Waals surface area contributed by atoms with Crippen LogP contribution in [0.3, 0.4) is 0 Å². The monoisotopic (exact) mass is 421 g/mol. The van der Waals surface area contributed by atoms with E-state index in [2.05, 4.69) is 39.0 Å². The van der Waals surface area contributed by atoms with E-state index >= 15 is 0 Å². The second kappa shape index (κ2) is 7.61. The number of hydrogen-bond donors (Lipinski definition) is 0. The zero-order valence-electron chi connectivity index (χ0n) is 18.5. The first kappa shape index (κ1) is 19.8. The predicted molar refractivity (Wildman–Crippen MR) is 119 cm³/mol. The molecule has 6 rings (SSSR count). The molecule has 1 saturated carbocycles. The van der Waals surface area contributed by atoms with E-state index in [-0.39, 0.29) is 5.41 Å². The molecule has 2 bridgehead atoms. The van der Waals surface area contributed by atoms with Gasteiger partial charge in [0.05, 0.1) is 5.41 Å². The molecule has 4 aliphatic heterocycles. The molecule has 5 nitrogen and oxygen atoms in total. The van der Waals surface area contributed by atoms with Gasteiger partial charge < -0.3 is 9.80 Å². The van der Waals surface area contributed by atoms with E-state index in [4.69, 9.17) is 0 Å². The van der Waals surface area contributed by atoms with Crippen LogP contribution in [0.2, 0.25) is 0 Å². The number of carbonyl (C=O) groups excluding carboxylic acids is 2. The van der Waals surface area contributed by atoms with Crippen LogP contribution in [0.15, 0.2) is 30.3 Å². The molecule has 4 heterocycles. The molecule has 3 atom stereocenters. The summed E-state index contributed by atoms with van der Waals surface area (Å²) < 4.78 is 0. The van der Waals surface area contributed by atoms with Crippen molar-refractivity contribution in [1.29, 1.82) is 0 Å². The third-order valence-corrected chi connectivity index (χ3v) is 8.96. The summed E-state index contributed by atoms with van der Waals surface area (Å²) in [5.41, 5.74) is 0.977. The molecule has 4 saturated heterocycles. The SMILES string of the molecule is O=C1CCC[C@@H]2[C@@H]3C[C@H](CN(C4CCN(C(=O)C5(c6ccccc6)CC5)CC4)C3)CN12. The summed E-state index contributed by atoms with van der Waals surface area (Å²) in [5.74, 6) is 2.07. The van der Waals surface area contributed by atoms with Gasteiger partial charge in [0.1, 0.15) is 0 Å². The highest BCUT2D eigenvalue weighted by atomic mass is 16.2. The first-order valence-corrected chi connectivity index (χ1v) is 12.5. The van der Waals surface area contributed by atoms with Gasteiger partial charge in [-0.15, -0.1) is 0 Å². The molecule has 1 aromatic rings. The van der Waals surface area contributed by atoms with Crippen LogP contribution in [-0.4, -0.2) is 71.3 Å². The van der Waals surface area contributed by atoms with Crippen molar-refractivity contribution in [3.05, 3.63) is 35.9 Å². The Morgan fingerprint density at radius 2 is 1.74 bits per heavy atom. The minimum atomic E-state index is -0.229. The van der Waals surface area contributed by atoms with Crippen molar-refractivity contribution >= 4 is 11.8 Å². The number of nitrogens with zero attached hydrogens (tertiary/aromatic N) is 3. The Morgan fingerprint density at radius 1 is 0.968 bits per heavy atom. The maximum Gasteiger partial charge on any atom is 0.233 e. The van der Waals surface area contributed by atoms with E-state index in [1.54, 1.807) is 0 Å². The minimum Gasteiger partial charge on any atom is -0.342 e. The molecule has 1 aliphatic carbocycles. The van der Waals surface area contributed by atoms with E-state index in [0.717, 1.165) is 71.2 Å². The smallest absolute Gasteiger partial charge is 0.233 e.